The van der Waals surface area contributed by atoms with Gasteiger partial charge >= 0.3 is 0 Å². The first kappa shape index (κ1) is 15.3. The molecule has 1 aliphatic rings. The summed E-state index contributed by atoms with van der Waals surface area (Å²) in [7, 11) is 0. The Morgan fingerprint density at radius 1 is 1.04 bits per heavy atom. The minimum Gasteiger partial charge on any atom is -0.338 e. The molecule has 1 atom stereocenters. The van der Waals surface area contributed by atoms with Gasteiger partial charge in [0.2, 0.25) is 0 Å². The lowest BCUT2D eigenvalue weighted by molar-refractivity contribution is 0.0766. The summed E-state index contributed by atoms with van der Waals surface area (Å²) in [5, 5.41) is 0.483. The summed E-state index contributed by atoms with van der Waals surface area (Å²) in [6.45, 7) is 1.64. The highest BCUT2D eigenvalue weighted by Crippen LogP contribution is 2.34. The van der Waals surface area contributed by atoms with E-state index >= 15 is 0 Å². The molecule has 3 heterocycles. The van der Waals surface area contributed by atoms with E-state index in [0.717, 1.165) is 36.3 Å². The fourth-order valence-corrected chi connectivity index (χ4v) is 4.49. The first-order valence-corrected chi connectivity index (χ1v) is 9.39. The molecule has 0 bridgehead atoms. The van der Waals surface area contributed by atoms with E-state index in [1.165, 1.54) is 5.56 Å². The highest BCUT2D eigenvalue weighted by Gasteiger charge is 2.23. The first-order valence-electron chi connectivity index (χ1n) is 8.34. The fourth-order valence-electron chi connectivity index (χ4n) is 3.26. The third kappa shape index (κ3) is 3.06. The Balaban J connectivity index is 1.49. The van der Waals surface area contributed by atoms with Gasteiger partial charge in [0.05, 0.1) is 5.56 Å². The Kier molecular flexibility index (Phi) is 4.30. The topological polar surface area (TPSA) is 24.7 Å². The van der Waals surface area contributed by atoms with Gasteiger partial charge in [0.15, 0.2) is 0 Å². The van der Waals surface area contributed by atoms with Crippen molar-refractivity contribution in [2.24, 2.45) is 0 Å². The number of nitrogens with zero attached hydrogens (tertiary/aromatic N) is 2. The van der Waals surface area contributed by atoms with Crippen LogP contribution >= 0.6 is 11.8 Å². The van der Waals surface area contributed by atoms with Gasteiger partial charge in [0.25, 0.3) is 5.91 Å². The molecule has 24 heavy (non-hydrogen) atoms. The summed E-state index contributed by atoms with van der Waals surface area (Å²) in [4.78, 5) is 14.9. The quantitative estimate of drug-likeness (QED) is 0.698. The van der Waals surface area contributed by atoms with E-state index in [-0.39, 0.29) is 5.91 Å². The van der Waals surface area contributed by atoms with E-state index < -0.39 is 0 Å². The maximum atomic E-state index is 12.9. The molecular weight excluding hydrogens is 316 g/mol. The van der Waals surface area contributed by atoms with Crippen molar-refractivity contribution in [1.82, 2.24) is 9.30 Å². The molecule has 1 fully saturated rings. The molecular formula is C20H20N2OS. The van der Waals surface area contributed by atoms with Crippen LogP contribution in [0.3, 0.4) is 0 Å². The van der Waals surface area contributed by atoms with Gasteiger partial charge in [-0.15, -0.1) is 0 Å². The Bertz CT molecular complexity index is 810. The molecule has 0 spiro atoms. The molecule has 1 aliphatic heterocycles. The number of hydrogen-bond donors (Lipinski definition) is 0. The molecule has 0 aliphatic carbocycles. The van der Waals surface area contributed by atoms with Crippen LogP contribution in [0.1, 0.15) is 27.6 Å². The Labute approximate surface area is 146 Å². The molecule has 3 aromatic rings. The lowest BCUT2D eigenvalue weighted by atomic mass is 10.1. The molecule has 3 nitrogen and oxygen atoms in total. The average molecular weight is 336 g/mol. The molecule has 1 amide bonds. The van der Waals surface area contributed by atoms with Crippen LogP contribution in [0, 0.1) is 0 Å². The zero-order chi connectivity index (χ0) is 16.4. The number of amides is 1. The van der Waals surface area contributed by atoms with Crippen molar-refractivity contribution in [1.29, 1.82) is 0 Å². The second kappa shape index (κ2) is 6.73. The lowest BCUT2D eigenvalue weighted by Crippen LogP contribution is -2.32. The van der Waals surface area contributed by atoms with Crippen molar-refractivity contribution >= 4 is 23.2 Å². The highest BCUT2D eigenvalue weighted by molar-refractivity contribution is 7.99. The van der Waals surface area contributed by atoms with Crippen LogP contribution in [-0.2, 0) is 0 Å². The summed E-state index contributed by atoms with van der Waals surface area (Å²) in [5.41, 5.74) is 3.21. The van der Waals surface area contributed by atoms with Crippen LogP contribution in [0.5, 0.6) is 0 Å². The normalized spacial score (nSPS) is 18.5. The molecule has 2 aromatic heterocycles. The Hall–Kier alpha value is -2.20. The second-order valence-electron chi connectivity index (χ2n) is 6.11. The van der Waals surface area contributed by atoms with Gasteiger partial charge in [-0.3, -0.25) is 4.79 Å². The summed E-state index contributed by atoms with van der Waals surface area (Å²) in [5.74, 6) is 1.13. The predicted molar refractivity (Wildman–Crippen MR) is 99.6 cm³/mol. The van der Waals surface area contributed by atoms with Gasteiger partial charge in [-0.2, -0.15) is 11.8 Å². The molecule has 4 rings (SSSR count). The summed E-state index contributed by atoms with van der Waals surface area (Å²) in [6, 6.07) is 18.6. The number of benzene rings is 1. The maximum Gasteiger partial charge on any atom is 0.255 e. The van der Waals surface area contributed by atoms with E-state index in [4.69, 9.17) is 0 Å². The third-order valence-corrected chi connectivity index (χ3v) is 5.88. The van der Waals surface area contributed by atoms with Crippen molar-refractivity contribution in [3.05, 3.63) is 78.1 Å². The van der Waals surface area contributed by atoms with Crippen LogP contribution < -0.4 is 0 Å². The number of carbonyl (C=O) groups is 1. The van der Waals surface area contributed by atoms with Gasteiger partial charge in [0.1, 0.15) is 0 Å². The van der Waals surface area contributed by atoms with Gasteiger partial charge in [-0.05, 0) is 30.2 Å². The number of rotatable bonds is 2. The molecule has 0 N–H and O–H groups in total. The summed E-state index contributed by atoms with van der Waals surface area (Å²) in [6.07, 6.45) is 4.92. The maximum absolute atomic E-state index is 12.9. The van der Waals surface area contributed by atoms with Gasteiger partial charge in [-0.25, -0.2) is 0 Å². The summed E-state index contributed by atoms with van der Waals surface area (Å²) < 4.78 is 2.01. The SMILES string of the molecule is O=C(c1cc2ccccn2c1)N1CCS[C@@H](c2ccccc2)CC1. The van der Waals surface area contributed by atoms with Crippen molar-refractivity contribution < 1.29 is 4.79 Å². The van der Waals surface area contributed by atoms with E-state index in [1.807, 2.05) is 57.7 Å². The first-order chi connectivity index (χ1) is 11.8. The van der Waals surface area contributed by atoms with E-state index in [0.29, 0.717) is 5.25 Å². The number of hydrogen-bond acceptors (Lipinski definition) is 2. The smallest absolute Gasteiger partial charge is 0.255 e. The largest absolute Gasteiger partial charge is 0.338 e. The number of carbonyl (C=O) groups excluding carboxylic acids is 1. The zero-order valence-electron chi connectivity index (χ0n) is 13.5. The molecule has 0 saturated carbocycles. The Morgan fingerprint density at radius 3 is 2.71 bits per heavy atom. The Morgan fingerprint density at radius 2 is 1.88 bits per heavy atom. The molecule has 0 unspecified atom stereocenters. The van der Waals surface area contributed by atoms with Crippen LogP contribution in [-0.4, -0.2) is 34.1 Å². The number of aromatic nitrogens is 1. The molecule has 1 aromatic carbocycles. The van der Waals surface area contributed by atoms with Crippen LogP contribution in [0.2, 0.25) is 0 Å². The standard InChI is InChI=1S/C20H20N2OS/c23-20(17-14-18-8-4-5-10-22(18)15-17)21-11-9-19(24-13-12-21)16-6-2-1-3-7-16/h1-8,10,14-15,19H,9,11-13H2/t19-/m1/s1. The lowest BCUT2D eigenvalue weighted by Gasteiger charge is -2.19. The molecule has 122 valence electrons. The van der Waals surface area contributed by atoms with Crippen molar-refractivity contribution in [3.8, 4) is 0 Å². The third-order valence-electron chi connectivity index (χ3n) is 4.55. The minimum atomic E-state index is 0.146. The second-order valence-corrected chi connectivity index (χ2v) is 7.42. The highest BCUT2D eigenvalue weighted by atomic mass is 32.2. The number of fused-ring (bicyclic) bond motifs is 1. The van der Waals surface area contributed by atoms with E-state index in [9.17, 15) is 4.79 Å². The van der Waals surface area contributed by atoms with Crippen LogP contribution in [0.15, 0.2) is 67.0 Å². The van der Waals surface area contributed by atoms with Crippen LogP contribution in [0.4, 0.5) is 0 Å². The zero-order valence-corrected chi connectivity index (χ0v) is 14.3. The average Bonchev–Trinajstić information content (AvgIpc) is 2.91. The molecule has 4 heteroatoms. The van der Waals surface area contributed by atoms with Gasteiger partial charge in [0, 0.05) is 42.0 Å². The monoisotopic (exact) mass is 336 g/mol. The number of thioether (sulfide) groups is 1. The van der Waals surface area contributed by atoms with Crippen molar-refractivity contribution in [3.63, 3.8) is 0 Å². The van der Waals surface area contributed by atoms with Crippen LogP contribution in [0.25, 0.3) is 5.52 Å². The van der Waals surface area contributed by atoms with Gasteiger partial charge < -0.3 is 9.30 Å². The van der Waals surface area contributed by atoms with Gasteiger partial charge in [-0.1, -0.05) is 36.4 Å². The molecule has 0 radical (unpaired) electrons. The predicted octanol–water partition coefficient (Wildman–Crippen LogP) is 4.26. The van der Waals surface area contributed by atoms with Crippen molar-refractivity contribution in [2.75, 3.05) is 18.8 Å². The van der Waals surface area contributed by atoms with E-state index in [1.54, 1.807) is 0 Å². The molecule has 1 saturated heterocycles. The summed E-state index contributed by atoms with van der Waals surface area (Å²) >= 11 is 1.96. The van der Waals surface area contributed by atoms with Crippen molar-refractivity contribution in [2.45, 2.75) is 11.7 Å². The minimum absolute atomic E-state index is 0.146. The number of pyridine rings is 1. The van der Waals surface area contributed by atoms with E-state index in [2.05, 4.69) is 30.3 Å². The fraction of sp³-hybridized carbons (Fsp3) is 0.250.